The fourth-order valence-electron chi connectivity index (χ4n) is 4.56. The SMILES string of the molecule is COC(=O)C1=C(C)N(c2ccc(C(C)C)cc2)C(=O)/C1=C\c1cc(C)n(-c2ccccc2)c1C. The lowest BCUT2D eigenvalue weighted by atomic mass is 10.0. The Kier molecular flexibility index (Phi) is 6.29. The molecule has 0 saturated heterocycles. The van der Waals surface area contributed by atoms with Gasteiger partial charge in [0.1, 0.15) is 0 Å². The van der Waals surface area contributed by atoms with Crippen molar-refractivity contribution >= 4 is 23.6 Å². The largest absolute Gasteiger partial charge is 0.465 e. The molecule has 1 aliphatic heterocycles. The Labute approximate surface area is 201 Å². The number of aromatic nitrogens is 1. The number of anilines is 1. The highest BCUT2D eigenvalue weighted by atomic mass is 16.5. The van der Waals surface area contributed by atoms with E-state index in [1.54, 1.807) is 11.8 Å². The molecule has 4 rings (SSSR count). The van der Waals surface area contributed by atoms with Crippen LogP contribution in [0.4, 0.5) is 5.69 Å². The molecular formula is C29H30N2O3. The summed E-state index contributed by atoms with van der Waals surface area (Å²) in [6, 6.07) is 20.0. The van der Waals surface area contributed by atoms with Gasteiger partial charge in [0.2, 0.25) is 0 Å². The monoisotopic (exact) mass is 454 g/mol. The minimum atomic E-state index is -0.518. The number of carbonyl (C=O) groups is 2. The van der Waals surface area contributed by atoms with Crippen molar-refractivity contribution in [2.24, 2.45) is 0 Å². The fourth-order valence-corrected chi connectivity index (χ4v) is 4.56. The van der Waals surface area contributed by atoms with Gasteiger partial charge in [0.25, 0.3) is 5.91 Å². The molecule has 0 bridgehead atoms. The quantitative estimate of drug-likeness (QED) is 0.346. The van der Waals surface area contributed by atoms with Gasteiger partial charge in [0.15, 0.2) is 0 Å². The first kappa shape index (κ1) is 23.3. The smallest absolute Gasteiger partial charge is 0.340 e. The normalized spacial score (nSPS) is 15.1. The highest BCUT2D eigenvalue weighted by Gasteiger charge is 2.38. The maximum Gasteiger partial charge on any atom is 0.340 e. The van der Waals surface area contributed by atoms with Crippen molar-refractivity contribution < 1.29 is 14.3 Å². The zero-order valence-electron chi connectivity index (χ0n) is 20.5. The van der Waals surface area contributed by atoms with Gasteiger partial charge < -0.3 is 9.30 Å². The van der Waals surface area contributed by atoms with Crippen LogP contribution < -0.4 is 4.90 Å². The third kappa shape index (κ3) is 3.98. The molecule has 1 aliphatic rings. The van der Waals surface area contributed by atoms with Gasteiger partial charge in [-0.3, -0.25) is 9.69 Å². The first-order valence-electron chi connectivity index (χ1n) is 11.4. The van der Waals surface area contributed by atoms with E-state index in [0.29, 0.717) is 22.8 Å². The molecule has 1 aromatic heterocycles. The average Bonchev–Trinajstić information content (AvgIpc) is 3.25. The summed E-state index contributed by atoms with van der Waals surface area (Å²) in [5, 5.41) is 0. The molecule has 2 aromatic carbocycles. The second-order valence-corrected chi connectivity index (χ2v) is 8.89. The van der Waals surface area contributed by atoms with Gasteiger partial charge in [-0.25, -0.2) is 4.79 Å². The summed E-state index contributed by atoms with van der Waals surface area (Å²) in [7, 11) is 1.34. The van der Waals surface area contributed by atoms with Crippen LogP contribution in [-0.2, 0) is 14.3 Å². The fraction of sp³-hybridized carbons (Fsp3) is 0.241. The van der Waals surface area contributed by atoms with Crippen LogP contribution >= 0.6 is 0 Å². The number of carbonyl (C=O) groups excluding carboxylic acids is 2. The number of allylic oxidation sites excluding steroid dienone is 1. The maximum absolute atomic E-state index is 13.6. The second kappa shape index (κ2) is 9.18. The van der Waals surface area contributed by atoms with E-state index < -0.39 is 5.97 Å². The van der Waals surface area contributed by atoms with Gasteiger partial charge in [0, 0.05) is 28.5 Å². The summed E-state index contributed by atoms with van der Waals surface area (Å²) in [4.78, 5) is 28.0. The van der Waals surface area contributed by atoms with Gasteiger partial charge >= 0.3 is 5.97 Å². The summed E-state index contributed by atoms with van der Waals surface area (Å²) in [6.45, 7) is 10.1. The van der Waals surface area contributed by atoms with Crippen LogP contribution in [0.2, 0.25) is 0 Å². The maximum atomic E-state index is 13.6. The summed E-state index contributed by atoms with van der Waals surface area (Å²) >= 11 is 0. The van der Waals surface area contributed by atoms with Crippen molar-refractivity contribution in [1.82, 2.24) is 4.57 Å². The predicted octanol–water partition coefficient (Wildman–Crippen LogP) is 6.09. The number of benzene rings is 2. The first-order valence-corrected chi connectivity index (χ1v) is 11.4. The summed E-state index contributed by atoms with van der Waals surface area (Å²) < 4.78 is 7.20. The number of nitrogens with zero attached hydrogens (tertiary/aromatic N) is 2. The van der Waals surface area contributed by atoms with Crippen molar-refractivity contribution in [3.05, 3.63) is 100 Å². The number of hydrogen-bond donors (Lipinski definition) is 0. The number of esters is 1. The van der Waals surface area contributed by atoms with E-state index in [2.05, 4.69) is 18.4 Å². The van der Waals surface area contributed by atoms with E-state index >= 15 is 0 Å². The highest BCUT2D eigenvalue weighted by molar-refractivity contribution is 6.23. The molecule has 0 fully saturated rings. The number of aryl methyl sites for hydroxylation is 1. The molecule has 0 atom stereocenters. The lowest BCUT2D eigenvalue weighted by Gasteiger charge is -2.19. The van der Waals surface area contributed by atoms with Crippen LogP contribution in [0.25, 0.3) is 11.8 Å². The van der Waals surface area contributed by atoms with Crippen LogP contribution in [0.5, 0.6) is 0 Å². The Balaban J connectivity index is 1.82. The molecule has 0 aliphatic carbocycles. The summed E-state index contributed by atoms with van der Waals surface area (Å²) in [5.41, 5.74) is 7.09. The zero-order chi connectivity index (χ0) is 24.6. The Bertz CT molecular complexity index is 1310. The van der Waals surface area contributed by atoms with Crippen molar-refractivity contribution in [3.63, 3.8) is 0 Å². The second-order valence-electron chi connectivity index (χ2n) is 8.89. The third-order valence-corrected chi connectivity index (χ3v) is 6.39. The Hall–Kier alpha value is -3.86. The van der Waals surface area contributed by atoms with Crippen LogP contribution in [0.1, 0.15) is 49.2 Å². The lowest BCUT2D eigenvalue weighted by molar-refractivity contribution is -0.136. The lowest BCUT2D eigenvalue weighted by Crippen LogP contribution is -2.24. The Morgan fingerprint density at radius 1 is 0.941 bits per heavy atom. The summed E-state index contributed by atoms with van der Waals surface area (Å²) in [6.07, 6.45) is 1.81. The van der Waals surface area contributed by atoms with Crippen molar-refractivity contribution in [3.8, 4) is 5.69 Å². The predicted molar refractivity (Wildman–Crippen MR) is 136 cm³/mol. The molecule has 174 valence electrons. The molecule has 0 N–H and O–H groups in total. The molecule has 5 heteroatoms. The van der Waals surface area contributed by atoms with Crippen LogP contribution in [-0.4, -0.2) is 23.6 Å². The topological polar surface area (TPSA) is 51.5 Å². The molecule has 2 heterocycles. The molecule has 0 unspecified atom stereocenters. The van der Waals surface area contributed by atoms with Crippen LogP contribution in [0.3, 0.4) is 0 Å². The molecule has 34 heavy (non-hydrogen) atoms. The molecule has 0 radical (unpaired) electrons. The van der Waals surface area contributed by atoms with Gasteiger partial charge in [-0.1, -0.05) is 44.2 Å². The number of para-hydroxylation sites is 1. The van der Waals surface area contributed by atoms with Crippen LogP contribution in [0, 0.1) is 13.8 Å². The minimum absolute atomic E-state index is 0.236. The third-order valence-electron chi connectivity index (χ3n) is 6.39. The van der Waals surface area contributed by atoms with Gasteiger partial charge in [0.05, 0.1) is 18.3 Å². The molecular weight excluding hydrogens is 424 g/mol. The Morgan fingerprint density at radius 3 is 2.18 bits per heavy atom. The molecule has 5 nitrogen and oxygen atoms in total. The van der Waals surface area contributed by atoms with E-state index in [0.717, 1.165) is 28.3 Å². The number of hydrogen-bond acceptors (Lipinski definition) is 3. The molecule has 3 aromatic rings. The summed E-state index contributed by atoms with van der Waals surface area (Å²) in [5.74, 6) is -0.365. The molecule has 1 amide bonds. The van der Waals surface area contributed by atoms with E-state index in [1.807, 2.05) is 80.6 Å². The highest BCUT2D eigenvalue weighted by Crippen LogP contribution is 2.36. The minimum Gasteiger partial charge on any atom is -0.465 e. The van der Waals surface area contributed by atoms with E-state index in [4.69, 9.17) is 4.74 Å². The number of amides is 1. The van der Waals surface area contributed by atoms with Gasteiger partial charge in [-0.15, -0.1) is 0 Å². The number of rotatable bonds is 5. The van der Waals surface area contributed by atoms with Crippen molar-refractivity contribution in [2.45, 2.75) is 40.5 Å². The number of ether oxygens (including phenoxy) is 1. The standard InChI is InChI=1S/C29H30N2O3/c1-18(2)22-12-14-25(15-13-22)31-21(5)27(29(33)34-6)26(28(31)32)17-23-16-19(3)30(20(23)4)24-10-8-7-9-11-24/h7-18H,1-6H3/b26-17-. The molecule has 0 saturated carbocycles. The Morgan fingerprint density at radius 2 is 1.59 bits per heavy atom. The van der Waals surface area contributed by atoms with Crippen molar-refractivity contribution in [2.75, 3.05) is 12.0 Å². The van der Waals surface area contributed by atoms with Gasteiger partial charge in [-0.2, -0.15) is 0 Å². The van der Waals surface area contributed by atoms with Crippen molar-refractivity contribution in [1.29, 1.82) is 0 Å². The van der Waals surface area contributed by atoms with Crippen LogP contribution in [0.15, 0.2) is 77.5 Å². The van der Waals surface area contributed by atoms with E-state index in [1.165, 1.54) is 12.7 Å². The molecule has 0 spiro atoms. The first-order chi connectivity index (χ1) is 16.2. The zero-order valence-corrected chi connectivity index (χ0v) is 20.5. The number of methoxy groups -OCH3 is 1. The van der Waals surface area contributed by atoms with E-state index in [9.17, 15) is 9.59 Å². The van der Waals surface area contributed by atoms with Gasteiger partial charge in [-0.05, 0) is 74.2 Å². The van der Waals surface area contributed by atoms with E-state index in [-0.39, 0.29) is 5.91 Å². The average molecular weight is 455 g/mol.